The van der Waals surface area contributed by atoms with Gasteiger partial charge in [-0.15, -0.1) is 11.3 Å². The van der Waals surface area contributed by atoms with Crippen LogP contribution in [0.15, 0.2) is 176 Å². The fraction of sp³-hybridized carbons (Fsp3) is 0.0612. The van der Waals surface area contributed by atoms with Gasteiger partial charge in [0.1, 0.15) is 0 Å². The minimum Gasteiger partial charge on any atom is -0.310 e. The molecule has 1 nitrogen and oxygen atoms in total. The molecule has 2 heteroatoms. The van der Waals surface area contributed by atoms with E-state index in [1.54, 1.807) is 0 Å². The van der Waals surface area contributed by atoms with Gasteiger partial charge in [-0.05, 0) is 92.2 Å². The zero-order valence-electron chi connectivity index (χ0n) is 28.6. The molecule has 1 aromatic heterocycles. The lowest BCUT2D eigenvalue weighted by atomic mass is 9.82. The molecule has 1 heterocycles. The Morgan fingerprint density at radius 1 is 0.431 bits per heavy atom. The smallest absolute Gasteiger partial charge is 0.0546 e. The predicted octanol–water partition coefficient (Wildman–Crippen LogP) is 14.3. The molecule has 0 spiro atoms. The van der Waals surface area contributed by atoms with Crippen LogP contribution in [0.25, 0.3) is 64.3 Å². The lowest BCUT2D eigenvalue weighted by Crippen LogP contribution is -2.17. The van der Waals surface area contributed by atoms with Crippen molar-refractivity contribution in [3.8, 4) is 33.4 Å². The third-order valence-corrected chi connectivity index (χ3v) is 12.0. The molecule has 1 aliphatic rings. The van der Waals surface area contributed by atoms with Crippen molar-refractivity contribution < 1.29 is 0 Å². The van der Waals surface area contributed by atoms with Crippen LogP contribution in [0.3, 0.4) is 0 Å². The van der Waals surface area contributed by atoms with Crippen molar-refractivity contribution in [3.63, 3.8) is 0 Å². The van der Waals surface area contributed by atoms with Crippen LogP contribution >= 0.6 is 11.3 Å². The minimum absolute atomic E-state index is 0.107. The third-order valence-electron chi connectivity index (χ3n) is 10.9. The minimum atomic E-state index is -0.107. The number of rotatable bonds is 5. The highest BCUT2D eigenvalue weighted by molar-refractivity contribution is 7.25. The van der Waals surface area contributed by atoms with E-state index in [4.69, 9.17) is 0 Å². The summed E-state index contributed by atoms with van der Waals surface area (Å²) in [5, 5.41) is 5.12. The summed E-state index contributed by atoms with van der Waals surface area (Å²) in [5.74, 6) is 0. The largest absolute Gasteiger partial charge is 0.310 e. The first-order valence-corrected chi connectivity index (χ1v) is 18.5. The van der Waals surface area contributed by atoms with Gasteiger partial charge in [-0.1, -0.05) is 147 Å². The molecule has 8 aromatic carbocycles. The van der Waals surface area contributed by atoms with E-state index in [-0.39, 0.29) is 5.41 Å². The number of anilines is 3. The quantitative estimate of drug-likeness (QED) is 0.176. The molecule has 0 unspecified atom stereocenters. The molecule has 0 fully saturated rings. The van der Waals surface area contributed by atoms with Crippen LogP contribution in [0.5, 0.6) is 0 Å². The van der Waals surface area contributed by atoms with Crippen LogP contribution in [0, 0.1) is 0 Å². The van der Waals surface area contributed by atoms with Crippen molar-refractivity contribution >= 4 is 59.3 Å². The maximum Gasteiger partial charge on any atom is 0.0546 e. The highest BCUT2D eigenvalue weighted by Crippen LogP contribution is 2.52. The standard InChI is InChI=1S/C49H35NS/c1-49(2)43-23-10-8-19-38(43)39-29-27-35(31-44(39)49)50(34-16-4-3-5-17-34)45-24-13-22-42(37-21-12-15-32-14-6-7-18-36(32)37)48(45)33-26-28-41-40-20-9-11-25-46(40)51-47(41)30-33/h3-31H,1-2H3. The van der Waals surface area contributed by atoms with Crippen LogP contribution in [0.4, 0.5) is 17.1 Å². The Morgan fingerprint density at radius 2 is 1.10 bits per heavy atom. The van der Waals surface area contributed by atoms with Crippen LogP contribution in [0.2, 0.25) is 0 Å². The van der Waals surface area contributed by atoms with Gasteiger partial charge in [0.15, 0.2) is 0 Å². The van der Waals surface area contributed by atoms with Crippen LogP contribution < -0.4 is 4.90 Å². The Kier molecular flexibility index (Phi) is 6.78. The third kappa shape index (κ3) is 4.67. The Balaban J connectivity index is 1.27. The summed E-state index contributed by atoms with van der Waals surface area (Å²) in [5.41, 5.74) is 13.6. The van der Waals surface area contributed by atoms with Gasteiger partial charge in [-0.3, -0.25) is 0 Å². The highest BCUT2D eigenvalue weighted by Gasteiger charge is 2.36. The van der Waals surface area contributed by atoms with Crippen molar-refractivity contribution in [1.82, 2.24) is 0 Å². The van der Waals surface area contributed by atoms with Crippen LogP contribution in [-0.4, -0.2) is 0 Å². The molecule has 0 bridgehead atoms. The van der Waals surface area contributed by atoms with Gasteiger partial charge in [0.25, 0.3) is 0 Å². The van der Waals surface area contributed by atoms with Crippen molar-refractivity contribution in [3.05, 3.63) is 187 Å². The van der Waals surface area contributed by atoms with E-state index in [0.29, 0.717) is 0 Å². The van der Waals surface area contributed by atoms with Gasteiger partial charge in [0, 0.05) is 42.5 Å². The summed E-state index contributed by atoms with van der Waals surface area (Å²) in [6.45, 7) is 4.72. The predicted molar refractivity (Wildman–Crippen MR) is 220 cm³/mol. The van der Waals surface area contributed by atoms with Crippen molar-refractivity contribution in [1.29, 1.82) is 0 Å². The molecule has 10 rings (SSSR count). The molecule has 0 radical (unpaired) electrons. The fourth-order valence-electron chi connectivity index (χ4n) is 8.43. The first-order chi connectivity index (χ1) is 25.1. The molecule has 0 amide bonds. The number of fused-ring (bicyclic) bond motifs is 7. The monoisotopic (exact) mass is 669 g/mol. The second-order valence-corrected chi connectivity index (χ2v) is 15.2. The summed E-state index contributed by atoms with van der Waals surface area (Å²) in [7, 11) is 0. The summed E-state index contributed by atoms with van der Waals surface area (Å²) >= 11 is 1.88. The molecule has 0 atom stereocenters. The Morgan fingerprint density at radius 3 is 2.00 bits per heavy atom. The maximum absolute atomic E-state index is 2.47. The molecule has 0 aliphatic heterocycles. The van der Waals surface area contributed by atoms with E-state index < -0.39 is 0 Å². The highest BCUT2D eigenvalue weighted by atomic mass is 32.1. The molecule has 1 aliphatic carbocycles. The Bertz CT molecular complexity index is 2780. The number of thiophene rings is 1. The van der Waals surface area contributed by atoms with Gasteiger partial charge in [-0.25, -0.2) is 0 Å². The van der Waals surface area contributed by atoms with Gasteiger partial charge >= 0.3 is 0 Å². The molecular formula is C49H35NS. The lowest BCUT2D eigenvalue weighted by Gasteiger charge is -2.31. The number of benzene rings is 8. The molecule has 242 valence electrons. The lowest BCUT2D eigenvalue weighted by molar-refractivity contribution is 0.660. The topological polar surface area (TPSA) is 3.24 Å². The summed E-state index contributed by atoms with van der Waals surface area (Å²) in [6, 6.07) is 65.0. The van der Waals surface area contributed by atoms with E-state index in [1.165, 1.54) is 75.5 Å². The van der Waals surface area contributed by atoms with E-state index in [0.717, 1.165) is 17.1 Å². The van der Waals surface area contributed by atoms with E-state index in [1.807, 2.05) is 11.3 Å². The van der Waals surface area contributed by atoms with Gasteiger partial charge < -0.3 is 4.90 Å². The van der Waals surface area contributed by atoms with Crippen molar-refractivity contribution in [2.24, 2.45) is 0 Å². The first-order valence-electron chi connectivity index (χ1n) is 17.7. The molecule has 0 saturated heterocycles. The van der Waals surface area contributed by atoms with Crippen LogP contribution in [-0.2, 0) is 5.41 Å². The SMILES string of the molecule is CC1(C)c2ccccc2-c2ccc(N(c3ccccc3)c3cccc(-c4cccc5ccccc45)c3-c3ccc4c(c3)sc3ccccc34)cc21. The normalized spacial score (nSPS) is 13.1. The zero-order valence-corrected chi connectivity index (χ0v) is 29.4. The molecule has 0 saturated carbocycles. The molecule has 51 heavy (non-hydrogen) atoms. The average molecular weight is 670 g/mol. The summed E-state index contributed by atoms with van der Waals surface area (Å²) in [4.78, 5) is 2.47. The number of hydrogen-bond donors (Lipinski definition) is 0. The Labute approximate surface area is 302 Å². The van der Waals surface area contributed by atoms with Gasteiger partial charge in [0.05, 0.1) is 5.69 Å². The van der Waals surface area contributed by atoms with Gasteiger partial charge in [-0.2, -0.15) is 0 Å². The average Bonchev–Trinajstić information content (AvgIpc) is 3.66. The van der Waals surface area contributed by atoms with Crippen molar-refractivity contribution in [2.45, 2.75) is 19.3 Å². The number of nitrogens with zero attached hydrogens (tertiary/aromatic N) is 1. The summed E-state index contributed by atoms with van der Waals surface area (Å²) < 4.78 is 2.62. The van der Waals surface area contributed by atoms with E-state index in [2.05, 4.69) is 195 Å². The molecule has 0 N–H and O–H groups in total. The second-order valence-electron chi connectivity index (χ2n) is 14.1. The first kappa shape index (κ1) is 29.9. The number of hydrogen-bond acceptors (Lipinski definition) is 2. The molecule has 9 aromatic rings. The fourth-order valence-corrected chi connectivity index (χ4v) is 9.58. The van der Waals surface area contributed by atoms with Gasteiger partial charge in [0.2, 0.25) is 0 Å². The van der Waals surface area contributed by atoms with E-state index >= 15 is 0 Å². The second kappa shape index (κ2) is 11.6. The van der Waals surface area contributed by atoms with Crippen LogP contribution in [0.1, 0.15) is 25.0 Å². The van der Waals surface area contributed by atoms with E-state index in [9.17, 15) is 0 Å². The zero-order chi connectivity index (χ0) is 34.1. The molecular weight excluding hydrogens is 635 g/mol. The maximum atomic E-state index is 2.47. The number of para-hydroxylation sites is 1. The Hall–Kier alpha value is -5.96. The van der Waals surface area contributed by atoms with Crippen molar-refractivity contribution in [2.75, 3.05) is 4.90 Å². The summed E-state index contributed by atoms with van der Waals surface area (Å²) in [6.07, 6.45) is 0.